The van der Waals surface area contributed by atoms with Crippen molar-refractivity contribution in [3.63, 3.8) is 0 Å². The highest BCUT2D eigenvalue weighted by Crippen LogP contribution is 2.12. The summed E-state index contributed by atoms with van der Waals surface area (Å²) in [5.41, 5.74) is 6.31. The lowest BCUT2D eigenvalue weighted by molar-refractivity contribution is 0.0945. The van der Waals surface area contributed by atoms with Gasteiger partial charge >= 0.3 is 0 Å². The van der Waals surface area contributed by atoms with Crippen LogP contribution in [0.15, 0.2) is 16.7 Å². The van der Waals surface area contributed by atoms with Crippen LogP contribution in [-0.4, -0.2) is 24.9 Å². The molecule has 0 bridgehead atoms. The molecule has 0 saturated heterocycles. The molecule has 2 N–H and O–H groups in total. The Kier molecular flexibility index (Phi) is 4.03. The standard InChI is InChI=1S/C9H14F2N2O/c1-13(6-9(10)11)5-8-7(4-12)2-3-14-8/h2-3,9H,4-6,12H2,1H3. The molecule has 0 radical (unpaired) electrons. The summed E-state index contributed by atoms with van der Waals surface area (Å²) >= 11 is 0. The van der Waals surface area contributed by atoms with Crippen LogP contribution >= 0.6 is 0 Å². The van der Waals surface area contributed by atoms with Gasteiger partial charge in [0.2, 0.25) is 0 Å². The molecule has 1 rings (SSSR count). The number of halogens is 2. The van der Waals surface area contributed by atoms with Crippen molar-refractivity contribution in [3.8, 4) is 0 Å². The second kappa shape index (κ2) is 5.07. The zero-order valence-electron chi connectivity index (χ0n) is 8.04. The number of nitrogens with zero attached hydrogens (tertiary/aromatic N) is 1. The first-order valence-corrected chi connectivity index (χ1v) is 4.35. The van der Waals surface area contributed by atoms with Gasteiger partial charge in [0.15, 0.2) is 0 Å². The number of rotatable bonds is 5. The molecule has 1 heterocycles. The summed E-state index contributed by atoms with van der Waals surface area (Å²) in [6.07, 6.45) is -0.801. The van der Waals surface area contributed by atoms with Crippen LogP contribution in [0.4, 0.5) is 8.78 Å². The number of furan rings is 1. The second-order valence-corrected chi connectivity index (χ2v) is 3.16. The van der Waals surface area contributed by atoms with Gasteiger partial charge in [0.25, 0.3) is 6.43 Å². The van der Waals surface area contributed by atoms with Crippen molar-refractivity contribution in [3.05, 3.63) is 23.7 Å². The molecule has 0 fully saturated rings. The first-order chi connectivity index (χ1) is 6.63. The van der Waals surface area contributed by atoms with Crippen molar-refractivity contribution in [1.29, 1.82) is 0 Å². The molecule has 80 valence electrons. The van der Waals surface area contributed by atoms with Crippen LogP contribution < -0.4 is 5.73 Å². The van der Waals surface area contributed by atoms with Crippen molar-refractivity contribution in [2.75, 3.05) is 13.6 Å². The Hall–Kier alpha value is -0.940. The second-order valence-electron chi connectivity index (χ2n) is 3.16. The Morgan fingerprint density at radius 3 is 2.86 bits per heavy atom. The molecule has 0 aliphatic rings. The van der Waals surface area contributed by atoms with Crippen LogP contribution in [0.1, 0.15) is 11.3 Å². The van der Waals surface area contributed by atoms with Crippen molar-refractivity contribution in [2.24, 2.45) is 5.73 Å². The monoisotopic (exact) mass is 204 g/mol. The fraction of sp³-hybridized carbons (Fsp3) is 0.556. The third-order valence-electron chi connectivity index (χ3n) is 1.92. The molecule has 0 spiro atoms. The SMILES string of the molecule is CN(Cc1occc1CN)CC(F)F. The molecule has 0 aliphatic carbocycles. The fourth-order valence-electron chi connectivity index (χ4n) is 1.23. The van der Waals surface area contributed by atoms with Gasteiger partial charge in [0.05, 0.1) is 19.4 Å². The minimum absolute atomic E-state index is 0.259. The van der Waals surface area contributed by atoms with Crippen molar-refractivity contribution in [2.45, 2.75) is 19.5 Å². The Morgan fingerprint density at radius 1 is 1.57 bits per heavy atom. The summed E-state index contributed by atoms with van der Waals surface area (Å²) in [7, 11) is 1.62. The van der Waals surface area contributed by atoms with E-state index in [1.165, 1.54) is 11.2 Å². The lowest BCUT2D eigenvalue weighted by atomic mass is 10.2. The van der Waals surface area contributed by atoms with E-state index >= 15 is 0 Å². The first-order valence-electron chi connectivity index (χ1n) is 4.35. The first kappa shape index (κ1) is 11.1. The topological polar surface area (TPSA) is 42.4 Å². The molecule has 5 heteroatoms. The van der Waals surface area contributed by atoms with Crippen LogP contribution in [-0.2, 0) is 13.1 Å². The van der Waals surface area contributed by atoms with Gasteiger partial charge in [-0.05, 0) is 13.1 Å². The summed E-state index contributed by atoms with van der Waals surface area (Å²) in [5, 5.41) is 0. The smallest absolute Gasteiger partial charge is 0.251 e. The zero-order valence-corrected chi connectivity index (χ0v) is 8.04. The molecule has 0 saturated carbocycles. The van der Waals surface area contributed by atoms with Crippen LogP contribution in [0.25, 0.3) is 0 Å². The van der Waals surface area contributed by atoms with E-state index in [1.807, 2.05) is 0 Å². The minimum atomic E-state index is -2.32. The molecule has 0 amide bonds. The largest absolute Gasteiger partial charge is 0.468 e. The van der Waals surface area contributed by atoms with Gasteiger partial charge in [-0.2, -0.15) is 0 Å². The molecule has 0 atom stereocenters. The molecule has 14 heavy (non-hydrogen) atoms. The van der Waals surface area contributed by atoms with Crippen LogP contribution in [0.5, 0.6) is 0 Å². The van der Waals surface area contributed by atoms with Gasteiger partial charge in [0.1, 0.15) is 5.76 Å². The molecule has 1 aromatic heterocycles. The lowest BCUT2D eigenvalue weighted by Gasteiger charge is -2.14. The molecule has 0 aliphatic heterocycles. The summed E-state index contributed by atoms with van der Waals surface area (Å²) < 4.78 is 29.1. The van der Waals surface area contributed by atoms with Crippen LogP contribution in [0.2, 0.25) is 0 Å². The van der Waals surface area contributed by atoms with Gasteiger partial charge in [-0.1, -0.05) is 0 Å². The molecular formula is C9H14F2N2O. The summed E-state index contributed by atoms with van der Waals surface area (Å²) in [6, 6.07) is 1.76. The molecule has 1 aromatic rings. The van der Waals surface area contributed by atoms with Gasteiger partial charge in [-0.25, -0.2) is 8.78 Å². The normalized spacial score (nSPS) is 11.6. The van der Waals surface area contributed by atoms with E-state index in [4.69, 9.17) is 10.2 Å². The maximum Gasteiger partial charge on any atom is 0.251 e. The van der Waals surface area contributed by atoms with Crippen molar-refractivity contribution < 1.29 is 13.2 Å². The summed E-state index contributed by atoms with van der Waals surface area (Å²) in [6.45, 7) is 0.475. The predicted octanol–water partition coefficient (Wildman–Crippen LogP) is 1.44. The fourth-order valence-corrected chi connectivity index (χ4v) is 1.23. The van der Waals surface area contributed by atoms with E-state index in [9.17, 15) is 8.78 Å². The van der Waals surface area contributed by atoms with Gasteiger partial charge in [0, 0.05) is 12.1 Å². The third kappa shape index (κ3) is 3.08. The number of alkyl halides is 2. The molecular weight excluding hydrogens is 190 g/mol. The highest BCUT2D eigenvalue weighted by Gasteiger charge is 2.11. The summed E-state index contributed by atoms with van der Waals surface area (Å²) in [4.78, 5) is 1.50. The maximum absolute atomic E-state index is 12.0. The van der Waals surface area contributed by atoms with E-state index in [-0.39, 0.29) is 6.54 Å². The Balaban J connectivity index is 2.51. The van der Waals surface area contributed by atoms with Gasteiger partial charge in [-0.3, -0.25) is 4.90 Å². The van der Waals surface area contributed by atoms with Crippen LogP contribution in [0, 0.1) is 0 Å². The minimum Gasteiger partial charge on any atom is -0.468 e. The average Bonchev–Trinajstić information content (AvgIpc) is 2.50. The van der Waals surface area contributed by atoms with Crippen LogP contribution in [0.3, 0.4) is 0 Å². The third-order valence-corrected chi connectivity index (χ3v) is 1.92. The average molecular weight is 204 g/mol. The number of hydrogen-bond acceptors (Lipinski definition) is 3. The zero-order chi connectivity index (χ0) is 10.6. The highest BCUT2D eigenvalue weighted by molar-refractivity contribution is 5.16. The summed E-state index contributed by atoms with van der Waals surface area (Å²) in [5.74, 6) is 0.663. The van der Waals surface area contributed by atoms with E-state index in [0.717, 1.165) is 5.56 Å². The van der Waals surface area contributed by atoms with E-state index < -0.39 is 6.43 Å². The maximum atomic E-state index is 12.0. The van der Waals surface area contributed by atoms with Crippen molar-refractivity contribution in [1.82, 2.24) is 4.90 Å². The van der Waals surface area contributed by atoms with E-state index in [1.54, 1.807) is 13.1 Å². The Bertz CT molecular complexity index is 276. The number of hydrogen-bond donors (Lipinski definition) is 1. The highest BCUT2D eigenvalue weighted by atomic mass is 19.3. The quantitative estimate of drug-likeness (QED) is 0.789. The Labute approximate surface area is 81.5 Å². The molecule has 0 aromatic carbocycles. The number of nitrogens with two attached hydrogens (primary N) is 1. The predicted molar refractivity (Wildman–Crippen MR) is 48.9 cm³/mol. The van der Waals surface area contributed by atoms with E-state index in [0.29, 0.717) is 18.8 Å². The molecule has 3 nitrogen and oxygen atoms in total. The van der Waals surface area contributed by atoms with Gasteiger partial charge < -0.3 is 10.2 Å². The van der Waals surface area contributed by atoms with E-state index in [2.05, 4.69) is 0 Å². The lowest BCUT2D eigenvalue weighted by Crippen LogP contribution is -2.24. The van der Waals surface area contributed by atoms with Crippen molar-refractivity contribution >= 4 is 0 Å². The van der Waals surface area contributed by atoms with Gasteiger partial charge in [-0.15, -0.1) is 0 Å². The Morgan fingerprint density at radius 2 is 2.29 bits per heavy atom. The molecule has 0 unspecified atom stereocenters.